The zero-order valence-electron chi connectivity index (χ0n) is 20.6. The Labute approximate surface area is 171 Å². The molecule has 3 nitrogen and oxygen atoms in total. The van der Waals surface area contributed by atoms with Crippen molar-refractivity contribution in [2.45, 2.75) is 52.3 Å². The van der Waals surface area contributed by atoms with Crippen LogP contribution in [0.1, 0.15) is 59.4 Å². The highest BCUT2D eigenvalue weighted by Gasteiger charge is 2.26. The van der Waals surface area contributed by atoms with Crippen molar-refractivity contribution in [3.8, 4) is 11.3 Å². The summed E-state index contributed by atoms with van der Waals surface area (Å²) in [7, 11) is 1.86. The van der Waals surface area contributed by atoms with E-state index in [-0.39, 0.29) is 5.56 Å². The van der Waals surface area contributed by atoms with E-state index < -0.39 is 12.7 Å². The van der Waals surface area contributed by atoms with E-state index in [0.717, 1.165) is 51.7 Å². The van der Waals surface area contributed by atoms with Crippen LogP contribution in [0.15, 0.2) is 40.9 Å². The Hall–Kier alpha value is -2.68. The van der Waals surface area contributed by atoms with Crippen molar-refractivity contribution in [2.24, 2.45) is 7.05 Å². The first-order chi connectivity index (χ1) is 15.1. The van der Waals surface area contributed by atoms with Gasteiger partial charge in [-0.05, 0) is 62.7 Å². The van der Waals surface area contributed by atoms with Crippen LogP contribution >= 0.6 is 0 Å². The summed E-state index contributed by atoms with van der Waals surface area (Å²) in [6.07, 6.45) is 4.95. The second kappa shape index (κ2) is 6.44. The normalized spacial score (nSPS) is 18.8. The molecule has 5 rings (SSSR count). The Balaban J connectivity index is 1.84. The summed E-state index contributed by atoms with van der Waals surface area (Å²) < 4.78 is 41.6. The lowest BCUT2D eigenvalue weighted by molar-refractivity contribution is -0.660. The van der Waals surface area contributed by atoms with Gasteiger partial charge >= 0.3 is 0 Å². The molecule has 3 heterocycles. The fourth-order valence-corrected chi connectivity index (χ4v) is 4.49. The van der Waals surface area contributed by atoms with Crippen LogP contribution in [0.3, 0.4) is 0 Å². The van der Waals surface area contributed by atoms with E-state index in [0.29, 0.717) is 24.1 Å². The van der Waals surface area contributed by atoms with E-state index in [1.54, 1.807) is 6.20 Å². The van der Waals surface area contributed by atoms with E-state index in [1.165, 1.54) is 0 Å². The van der Waals surface area contributed by atoms with Gasteiger partial charge in [-0.1, -0.05) is 25.0 Å². The van der Waals surface area contributed by atoms with E-state index in [4.69, 9.17) is 9.90 Å². The first-order valence-corrected chi connectivity index (χ1v) is 9.93. The number of rotatable bonds is 2. The third-order valence-corrected chi connectivity index (χ3v) is 5.97. The molecule has 0 unspecified atom stereocenters. The Morgan fingerprint density at radius 3 is 2.68 bits per heavy atom. The topological polar surface area (TPSA) is 29.9 Å². The van der Waals surface area contributed by atoms with Gasteiger partial charge in [0.25, 0.3) is 0 Å². The number of aromatic nitrogens is 2. The predicted octanol–water partition coefficient (Wildman–Crippen LogP) is 6.06. The Bertz CT molecular complexity index is 1360. The Morgan fingerprint density at radius 2 is 1.89 bits per heavy atom. The van der Waals surface area contributed by atoms with Crippen molar-refractivity contribution in [3.63, 3.8) is 0 Å². The van der Waals surface area contributed by atoms with Crippen LogP contribution in [0.4, 0.5) is 0 Å². The zero-order valence-corrected chi connectivity index (χ0v) is 16.6. The fourth-order valence-electron chi connectivity index (χ4n) is 4.49. The molecule has 0 aliphatic heterocycles. The van der Waals surface area contributed by atoms with Crippen molar-refractivity contribution in [2.75, 3.05) is 0 Å². The molecule has 0 amide bonds. The minimum Gasteiger partial charge on any atom is -0.437 e. The van der Waals surface area contributed by atoms with E-state index >= 15 is 0 Å². The van der Waals surface area contributed by atoms with Crippen LogP contribution in [0, 0.1) is 20.7 Å². The van der Waals surface area contributed by atoms with Gasteiger partial charge < -0.3 is 4.42 Å². The number of pyridine rings is 2. The van der Waals surface area contributed by atoms with Crippen molar-refractivity contribution in [3.05, 3.63) is 58.9 Å². The smallest absolute Gasteiger partial charge is 0.227 e. The van der Waals surface area contributed by atoms with Crippen LogP contribution < -0.4 is 4.57 Å². The van der Waals surface area contributed by atoms with Gasteiger partial charge in [-0.3, -0.25) is 0 Å². The molecule has 1 aliphatic rings. The summed E-state index contributed by atoms with van der Waals surface area (Å²) in [5, 5.41) is 1.94. The maximum Gasteiger partial charge on any atom is 0.227 e. The molecular weight excluding hydrogens is 344 g/mol. The molecule has 0 N–H and O–H groups in total. The predicted molar refractivity (Wildman–Crippen MR) is 114 cm³/mol. The summed E-state index contributed by atoms with van der Waals surface area (Å²) >= 11 is 0. The van der Waals surface area contributed by atoms with Crippen LogP contribution in [0.5, 0.6) is 0 Å². The van der Waals surface area contributed by atoms with Crippen molar-refractivity contribution in [1.82, 2.24) is 4.98 Å². The first-order valence-electron chi connectivity index (χ1n) is 11.9. The van der Waals surface area contributed by atoms with Crippen molar-refractivity contribution >= 4 is 22.1 Å². The molecular formula is C25H27N2O+. The quantitative estimate of drug-likeness (QED) is 0.399. The van der Waals surface area contributed by atoms with Gasteiger partial charge in [-0.2, -0.15) is 0 Å². The minimum absolute atomic E-state index is 0.271. The SMILES string of the molecule is [2H]C([2H])([2H])c1c[n+](C)c(-c2c(C)ccc3c2oc2nc(C)ccc23)cc1C1([2H])CCCC1. The molecule has 3 heteroatoms. The van der Waals surface area contributed by atoms with E-state index in [9.17, 15) is 0 Å². The first kappa shape index (κ1) is 13.5. The third-order valence-electron chi connectivity index (χ3n) is 5.97. The van der Waals surface area contributed by atoms with Crippen LogP contribution in [-0.2, 0) is 7.05 Å². The molecule has 28 heavy (non-hydrogen) atoms. The lowest BCUT2D eigenvalue weighted by atomic mass is 9.91. The number of aryl methyl sites for hydroxylation is 4. The average molecular weight is 376 g/mol. The van der Waals surface area contributed by atoms with Gasteiger partial charge in [0, 0.05) is 33.6 Å². The van der Waals surface area contributed by atoms with Gasteiger partial charge in [0.2, 0.25) is 11.4 Å². The lowest BCUT2D eigenvalue weighted by Crippen LogP contribution is -2.32. The molecule has 142 valence electrons. The second-order valence-electron chi connectivity index (χ2n) is 7.95. The monoisotopic (exact) mass is 375 g/mol. The maximum atomic E-state index is 9.11. The lowest BCUT2D eigenvalue weighted by Gasteiger charge is -2.14. The molecule has 0 bridgehead atoms. The molecule has 0 radical (unpaired) electrons. The standard InChI is InChI=1S/C25H27N2O/c1-15-9-11-19-20-12-10-17(3)26-25(20)28-24(19)23(15)22-13-21(16(2)14-27(22)4)18-7-5-6-8-18/h9-14,18H,5-8H2,1-4H3/q+1/i2D3,18D. The van der Waals surface area contributed by atoms with Gasteiger partial charge in [-0.25, -0.2) is 9.55 Å². The molecule has 1 aromatic carbocycles. The highest BCUT2D eigenvalue weighted by Crippen LogP contribution is 2.39. The van der Waals surface area contributed by atoms with Gasteiger partial charge in [0.15, 0.2) is 11.8 Å². The summed E-state index contributed by atoms with van der Waals surface area (Å²) in [6.45, 7) is 1.70. The number of nitrogens with zero attached hydrogens (tertiary/aromatic N) is 2. The van der Waals surface area contributed by atoms with Crippen molar-refractivity contribution < 1.29 is 14.5 Å². The van der Waals surface area contributed by atoms with E-state index in [2.05, 4.69) is 17.1 Å². The summed E-state index contributed by atoms with van der Waals surface area (Å²) in [5.41, 5.74) is 5.92. The molecule has 0 atom stereocenters. The molecule has 4 aromatic rings. The van der Waals surface area contributed by atoms with Crippen LogP contribution in [0.2, 0.25) is 0 Å². The summed E-state index contributed by atoms with van der Waals surface area (Å²) in [4.78, 5) is 4.56. The van der Waals surface area contributed by atoms with Gasteiger partial charge in [-0.15, -0.1) is 0 Å². The molecule has 1 fully saturated rings. The molecule has 0 saturated heterocycles. The molecule has 0 spiro atoms. The minimum atomic E-state index is -2.27. The highest BCUT2D eigenvalue weighted by molar-refractivity contribution is 6.08. The fraction of sp³-hybridized carbons (Fsp3) is 0.360. The second-order valence-corrected chi connectivity index (χ2v) is 7.95. The third kappa shape index (κ3) is 2.64. The summed E-state index contributed by atoms with van der Waals surface area (Å²) in [5.74, 6) is -0.874. The number of furan rings is 1. The van der Waals surface area contributed by atoms with Crippen LogP contribution in [0.25, 0.3) is 33.3 Å². The summed E-state index contributed by atoms with van der Waals surface area (Å²) in [6, 6.07) is 10.0. The number of fused-ring (bicyclic) bond motifs is 3. The number of hydrogen-bond acceptors (Lipinski definition) is 2. The number of benzene rings is 1. The van der Waals surface area contributed by atoms with Gasteiger partial charge in [0.05, 0.1) is 5.56 Å². The van der Waals surface area contributed by atoms with Crippen LogP contribution in [-0.4, -0.2) is 4.98 Å². The highest BCUT2D eigenvalue weighted by atomic mass is 16.3. The van der Waals surface area contributed by atoms with E-state index in [1.807, 2.05) is 43.7 Å². The number of hydrogen-bond donors (Lipinski definition) is 0. The zero-order chi connectivity index (χ0) is 22.8. The Morgan fingerprint density at radius 1 is 1.11 bits per heavy atom. The van der Waals surface area contributed by atoms with Crippen molar-refractivity contribution in [1.29, 1.82) is 0 Å². The Kier molecular flexibility index (Phi) is 3.10. The largest absolute Gasteiger partial charge is 0.437 e. The molecule has 1 aliphatic carbocycles. The molecule has 1 saturated carbocycles. The average Bonchev–Trinajstić information content (AvgIpc) is 3.31. The molecule has 3 aromatic heterocycles. The maximum absolute atomic E-state index is 9.11. The van der Waals surface area contributed by atoms with Gasteiger partial charge in [0.1, 0.15) is 7.05 Å².